The molecule has 0 atom stereocenters. The van der Waals surface area contributed by atoms with Crippen LogP contribution >= 0.6 is 0 Å². The molecule has 9 heteroatoms. The number of nitrogens with one attached hydrogen (secondary N) is 2. The average Bonchev–Trinajstić information content (AvgIpc) is 2.70. The van der Waals surface area contributed by atoms with Crippen molar-refractivity contribution in [2.45, 2.75) is 13.1 Å². The third-order valence-corrected chi connectivity index (χ3v) is 3.72. The van der Waals surface area contributed by atoms with Gasteiger partial charge in [-0.15, -0.1) is 0 Å². The van der Waals surface area contributed by atoms with E-state index in [-0.39, 0.29) is 19.7 Å². The van der Waals surface area contributed by atoms with Crippen LogP contribution in [0.3, 0.4) is 0 Å². The van der Waals surface area contributed by atoms with E-state index in [1.54, 1.807) is 24.3 Å². The summed E-state index contributed by atoms with van der Waals surface area (Å²) < 4.78 is 49.6. The van der Waals surface area contributed by atoms with E-state index < -0.39 is 29.1 Å². The Morgan fingerprint density at radius 1 is 0.897 bits per heavy atom. The minimum Gasteiger partial charge on any atom is -0.490 e. The molecule has 6 nitrogen and oxygen atoms in total. The summed E-state index contributed by atoms with van der Waals surface area (Å²) in [7, 11) is 0. The number of carbonyl (C=O) groups is 2. The lowest BCUT2D eigenvalue weighted by atomic mass is 10.1. The number of benzene rings is 2. The standard InChI is InChI=1S/C20H21F3N2O4/c1-2-28-16-9-5-6-10-17(16)29-13-18(26)24-11-12-25-19(27)14-7-3-4-8-15(14)20(21,22)23/h3-10H,2,11-13H2,1H3,(H,24,26)(H,25,27). The van der Waals surface area contributed by atoms with Crippen LogP contribution in [0.1, 0.15) is 22.8 Å². The van der Waals surface area contributed by atoms with Gasteiger partial charge in [-0.05, 0) is 31.2 Å². The molecule has 0 spiro atoms. The zero-order valence-electron chi connectivity index (χ0n) is 15.7. The molecule has 2 amide bonds. The molecule has 2 N–H and O–H groups in total. The van der Waals surface area contributed by atoms with Gasteiger partial charge in [-0.2, -0.15) is 13.2 Å². The van der Waals surface area contributed by atoms with Gasteiger partial charge >= 0.3 is 6.18 Å². The number of ether oxygens (including phenoxy) is 2. The van der Waals surface area contributed by atoms with Gasteiger partial charge in [0.05, 0.1) is 17.7 Å². The number of rotatable bonds is 9. The van der Waals surface area contributed by atoms with Crippen molar-refractivity contribution in [3.63, 3.8) is 0 Å². The lowest BCUT2D eigenvalue weighted by Gasteiger charge is -2.13. The van der Waals surface area contributed by atoms with Crippen molar-refractivity contribution in [1.82, 2.24) is 10.6 Å². The Balaban J connectivity index is 1.77. The Labute approximate surface area is 166 Å². The highest BCUT2D eigenvalue weighted by molar-refractivity contribution is 5.95. The molecule has 2 rings (SSSR count). The maximum Gasteiger partial charge on any atom is 0.417 e. The molecule has 0 bridgehead atoms. The lowest BCUT2D eigenvalue weighted by Crippen LogP contribution is -2.37. The van der Waals surface area contributed by atoms with Crippen LogP contribution in [0.2, 0.25) is 0 Å². The van der Waals surface area contributed by atoms with Gasteiger partial charge in [-0.1, -0.05) is 24.3 Å². The van der Waals surface area contributed by atoms with E-state index in [0.717, 1.165) is 12.1 Å². The minimum absolute atomic E-state index is 0.0354. The summed E-state index contributed by atoms with van der Waals surface area (Å²) in [6.07, 6.45) is -4.63. The van der Waals surface area contributed by atoms with Gasteiger partial charge in [0, 0.05) is 13.1 Å². The molecule has 0 aliphatic rings. The molecular weight excluding hydrogens is 389 g/mol. The molecule has 0 aliphatic heterocycles. The highest BCUT2D eigenvalue weighted by Crippen LogP contribution is 2.31. The monoisotopic (exact) mass is 410 g/mol. The van der Waals surface area contributed by atoms with Crippen molar-refractivity contribution >= 4 is 11.8 Å². The van der Waals surface area contributed by atoms with Crippen molar-refractivity contribution in [2.24, 2.45) is 0 Å². The second-order valence-corrected chi connectivity index (χ2v) is 5.82. The third-order valence-electron chi connectivity index (χ3n) is 3.72. The van der Waals surface area contributed by atoms with Crippen LogP contribution in [-0.4, -0.2) is 38.1 Å². The fraction of sp³-hybridized carbons (Fsp3) is 0.300. The number of para-hydroxylation sites is 2. The van der Waals surface area contributed by atoms with Crippen molar-refractivity contribution in [3.05, 3.63) is 59.7 Å². The molecular formula is C20H21F3N2O4. The number of carbonyl (C=O) groups excluding carboxylic acids is 2. The number of halogens is 3. The maximum atomic E-state index is 12.9. The smallest absolute Gasteiger partial charge is 0.417 e. The van der Waals surface area contributed by atoms with E-state index >= 15 is 0 Å². The molecule has 0 radical (unpaired) electrons. The summed E-state index contributed by atoms with van der Waals surface area (Å²) in [5, 5.41) is 4.87. The first-order chi connectivity index (χ1) is 13.8. The Morgan fingerprint density at radius 2 is 1.48 bits per heavy atom. The van der Waals surface area contributed by atoms with Gasteiger partial charge in [0.1, 0.15) is 0 Å². The van der Waals surface area contributed by atoms with Crippen molar-refractivity contribution in [1.29, 1.82) is 0 Å². The number of hydrogen-bond acceptors (Lipinski definition) is 4. The summed E-state index contributed by atoms with van der Waals surface area (Å²) >= 11 is 0. The molecule has 0 aliphatic carbocycles. The van der Waals surface area contributed by atoms with Gasteiger partial charge in [0.25, 0.3) is 11.8 Å². The van der Waals surface area contributed by atoms with Crippen LogP contribution in [-0.2, 0) is 11.0 Å². The number of amides is 2. The molecule has 0 saturated carbocycles. The Kier molecular flexibility index (Phi) is 7.88. The quantitative estimate of drug-likeness (QED) is 0.623. The van der Waals surface area contributed by atoms with Gasteiger partial charge < -0.3 is 20.1 Å². The molecule has 2 aromatic rings. The molecule has 156 valence electrons. The van der Waals surface area contributed by atoms with Crippen molar-refractivity contribution < 1.29 is 32.2 Å². The topological polar surface area (TPSA) is 76.7 Å². The molecule has 0 fully saturated rings. The van der Waals surface area contributed by atoms with Crippen LogP contribution in [0.4, 0.5) is 13.2 Å². The highest BCUT2D eigenvalue weighted by Gasteiger charge is 2.34. The van der Waals surface area contributed by atoms with Crippen LogP contribution in [0.25, 0.3) is 0 Å². The largest absolute Gasteiger partial charge is 0.490 e. The van der Waals surface area contributed by atoms with E-state index in [4.69, 9.17) is 9.47 Å². The Bertz CT molecular complexity index is 840. The van der Waals surface area contributed by atoms with Crippen LogP contribution in [0.5, 0.6) is 11.5 Å². The molecule has 0 unspecified atom stereocenters. The third kappa shape index (κ3) is 6.70. The zero-order valence-corrected chi connectivity index (χ0v) is 15.7. The SMILES string of the molecule is CCOc1ccccc1OCC(=O)NCCNC(=O)c1ccccc1C(F)(F)F. The molecule has 2 aromatic carbocycles. The lowest BCUT2D eigenvalue weighted by molar-refractivity contribution is -0.138. The predicted molar refractivity (Wildman–Crippen MR) is 99.9 cm³/mol. The summed E-state index contributed by atoms with van der Waals surface area (Å²) in [6, 6.07) is 11.4. The van der Waals surface area contributed by atoms with E-state index in [2.05, 4.69) is 10.6 Å². The summed E-state index contributed by atoms with van der Waals surface area (Å²) in [5.41, 5.74) is -1.48. The van der Waals surface area contributed by atoms with E-state index in [9.17, 15) is 22.8 Å². The van der Waals surface area contributed by atoms with Crippen LogP contribution in [0.15, 0.2) is 48.5 Å². The summed E-state index contributed by atoms with van der Waals surface area (Å²) in [5.74, 6) is -0.379. The first-order valence-corrected chi connectivity index (χ1v) is 8.88. The number of alkyl halides is 3. The molecule has 0 heterocycles. The van der Waals surface area contributed by atoms with E-state index in [0.29, 0.717) is 18.1 Å². The normalized spacial score (nSPS) is 10.9. The fourth-order valence-electron chi connectivity index (χ4n) is 2.44. The highest BCUT2D eigenvalue weighted by atomic mass is 19.4. The minimum atomic E-state index is -4.63. The first kappa shape index (κ1) is 22.1. The molecule has 29 heavy (non-hydrogen) atoms. The Hall–Kier alpha value is -3.23. The molecule has 0 aromatic heterocycles. The average molecular weight is 410 g/mol. The fourth-order valence-corrected chi connectivity index (χ4v) is 2.44. The maximum absolute atomic E-state index is 12.9. The van der Waals surface area contributed by atoms with Gasteiger partial charge in [-0.3, -0.25) is 9.59 Å². The van der Waals surface area contributed by atoms with Crippen LogP contribution < -0.4 is 20.1 Å². The number of hydrogen-bond donors (Lipinski definition) is 2. The van der Waals surface area contributed by atoms with Crippen molar-refractivity contribution in [3.8, 4) is 11.5 Å². The van der Waals surface area contributed by atoms with E-state index in [1.165, 1.54) is 12.1 Å². The predicted octanol–water partition coefficient (Wildman–Crippen LogP) is 3.03. The summed E-state index contributed by atoms with van der Waals surface area (Å²) in [4.78, 5) is 23.9. The zero-order chi connectivity index (χ0) is 21.3. The Morgan fingerprint density at radius 3 is 2.14 bits per heavy atom. The van der Waals surface area contributed by atoms with Crippen LogP contribution in [0, 0.1) is 0 Å². The van der Waals surface area contributed by atoms with E-state index in [1.807, 2.05) is 6.92 Å². The van der Waals surface area contributed by atoms with Gasteiger partial charge in [-0.25, -0.2) is 0 Å². The first-order valence-electron chi connectivity index (χ1n) is 8.88. The van der Waals surface area contributed by atoms with Gasteiger partial charge in [0.15, 0.2) is 18.1 Å². The second-order valence-electron chi connectivity index (χ2n) is 5.82. The van der Waals surface area contributed by atoms with Gasteiger partial charge in [0.2, 0.25) is 0 Å². The molecule has 0 saturated heterocycles. The van der Waals surface area contributed by atoms with Crippen molar-refractivity contribution in [2.75, 3.05) is 26.3 Å². The second kappa shape index (κ2) is 10.4. The summed E-state index contributed by atoms with van der Waals surface area (Å²) in [6.45, 7) is 2.01.